The van der Waals surface area contributed by atoms with Crippen molar-refractivity contribution in [3.63, 3.8) is 0 Å². The molecule has 5 heteroatoms. The molecule has 1 aromatic carbocycles. The number of rotatable bonds is 7. The fraction of sp³-hybridized carbons (Fsp3) is 0.520. The number of esters is 1. The van der Waals surface area contributed by atoms with Crippen molar-refractivity contribution in [3.8, 4) is 0 Å². The zero-order valence-electron chi connectivity index (χ0n) is 20.1. The lowest BCUT2D eigenvalue weighted by molar-refractivity contribution is -0.140. The van der Waals surface area contributed by atoms with Gasteiger partial charge in [0.1, 0.15) is 6.61 Å². The number of nitrogens with one attached hydrogen (secondary N) is 1. The molecule has 0 saturated heterocycles. The normalized spacial score (nSPS) is 15.5. The Hall–Kier alpha value is -2.40. The number of carbonyl (C=O) groups excluding carboxylic acids is 2. The van der Waals surface area contributed by atoms with E-state index in [-0.39, 0.29) is 18.3 Å². The van der Waals surface area contributed by atoms with Gasteiger partial charge in [0.05, 0.1) is 12.2 Å². The standard InChI is InChI=1S/C21H27NO4.2C2H6/c1-13(2)20(23)17-14(3)22-15(4)18(21(24)26-12-11-25-5)19(17)16-9-7-6-8-10-16;2*1-2/h6-10,13,19,22H,11-12H2,1-5H3;2*1-2H3. The van der Waals surface area contributed by atoms with Gasteiger partial charge < -0.3 is 14.8 Å². The molecule has 0 fully saturated rings. The SMILES string of the molecule is CC.CC.COCCOC(=O)C1=C(C)NC(C)=C(C(=O)C(C)C)C1c1ccccc1. The lowest BCUT2D eigenvalue weighted by Gasteiger charge is -2.31. The van der Waals surface area contributed by atoms with Crippen molar-refractivity contribution in [2.24, 2.45) is 5.92 Å². The average molecular weight is 418 g/mol. The van der Waals surface area contributed by atoms with E-state index in [0.29, 0.717) is 23.5 Å². The number of hydrogen-bond donors (Lipinski definition) is 1. The molecule has 0 saturated carbocycles. The molecule has 0 spiro atoms. The summed E-state index contributed by atoms with van der Waals surface area (Å²) in [7, 11) is 1.55. The summed E-state index contributed by atoms with van der Waals surface area (Å²) < 4.78 is 10.3. The van der Waals surface area contributed by atoms with E-state index in [0.717, 1.165) is 11.3 Å². The molecule has 1 unspecified atom stereocenters. The lowest BCUT2D eigenvalue weighted by Crippen LogP contribution is -2.33. The summed E-state index contributed by atoms with van der Waals surface area (Å²) >= 11 is 0. The van der Waals surface area contributed by atoms with Gasteiger partial charge in [-0.1, -0.05) is 71.9 Å². The Morgan fingerprint density at radius 3 is 1.97 bits per heavy atom. The van der Waals surface area contributed by atoms with Crippen LogP contribution in [0.5, 0.6) is 0 Å². The molecular formula is C25H39NO4. The topological polar surface area (TPSA) is 64.6 Å². The molecule has 0 amide bonds. The minimum absolute atomic E-state index is 0.0264. The van der Waals surface area contributed by atoms with Gasteiger partial charge in [-0.2, -0.15) is 0 Å². The molecule has 1 atom stereocenters. The van der Waals surface area contributed by atoms with Crippen LogP contribution in [0.2, 0.25) is 0 Å². The molecule has 30 heavy (non-hydrogen) atoms. The third-order valence-corrected chi connectivity index (χ3v) is 4.42. The van der Waals surface area contributed by atoms with E-state index < -0.39 is 11.9 Å². The van der Waals surface area contributed by atoms with Crippen molar-refractivity contribution in [3.05, 3.63) is 58.4 Å². The molecule has 1 aromatic rings. The molecular weight excluding hydrogens is 378 g/mol. The van der Waals surface area contributed by atoms with E-state index in [4.69, 9.17) is 9.47 Å². The minimum atomic E-state index is -0.442. The number of allylic oxidation sites excluding steroid dienone is 3. The maximum atomic E-state index is 12.9. The van der Waals surface area contributed by atoms with E-state index >= 15 is 0 Å². The van der Waals surface area contributed by atoms with Crippen LogP contribution in [0.25, 0.3) is 0 Å². The summed E-state index contributed by atoms with van der Waals surface area (Å²) in [6, 6.07) is 9.61. The fourth-order valence-corrected chi connectivity index (χ4v) is 3.18. The largest absolute Gasteiger partial charge is 0.460 e. The number of ether oxygens (including phenoxy) is 2. The second kappa shape index (κ2) is 14.6. The van der Waals surface area contributed by atoms with Crippen LogP contribution in [-0.2, 0) is 19.1 Å². The van der Waals surface area contributed by atoms with Crippen LogP contribution in [0.4, 0.5) is 0 Å². The Morgan fingerprint density at radius 2 is 1.47 bits per heavy atom. The van der Waals surface area contributed by atoms with Crippen molar-refractivity contribution in [1.29, 1.82) is 0 Å². The van der Waals surface area contributed by atoms with Gasteiger partial charge in [-0.3, -0.25) is 4.79 Å². The molecule has 2 rings (SSSR count). The van der Waals surface area contributed by atoms with Gasteiger partial charge in [-0.15, -0.1) is 0 Å². The molecule has 0 radical (unpaired) electrons. The second-order valence-corrected chi connectivity index (χ2v) is 6.69. The highest BCUT2D eigenvalue weighted by Crippen LogP contribution is 2.39. The first-order valence-corrected chi connectivity index (χ1v) is 10.8. The molecule has 0 aliphatic carbocycles. The number of hydrogen-bond acceptors (Lipinski definition) is 5. The molecule has 1 aliphatic rings. The van der Waals surface area contributed by atoms with Crippen molar-refractivity contribution in [2.45, 2.75) is 61.3 Å². The second-order valence-electron chi connectivity index (χ2n) is 6.69. The summed E-state index contributed by atoms with van der Waals surface area (Å²) in [6.45, 7) is 15.9. The number of dihydropyridines is 1. The number of carbonyl (C=O) groups is 2. The minimum Gasteiger partial charge on any atom is -0.460 e. The molecule has 168 valence electrons. The van der Waals surface area contributed by atoms with Gasteiger partial charge in [0.2, 0.25) is 0 Å². The Balaban J connectivity index is 0.00000198. The highest BCUT2D eigenvalue weighted by Gasteiger charge is 2.37. The van der Waals surface area contributed by atoms with E-state index in [1.165, 1.54) is 0 Å². The zero-order chi connectivity index (χ0) is 23.3. The van der Waals surface area contributed by atoms with E-state index in [2.05, 4.69) is 5.32 Å². The smallest absolute Gasteiger partial charge is 0.336 e. The van der Waals surface area contributed by atoms with Crippen LogP contribution < -0.4 is 5.32 Å². The van der Waals surface area contributed by atoms with Gasteiger partial charge in [-0.25, -0.2) is 4.79 Å². The van der Waals surface area contributed by atoms with Gasteiger partial charge in [0.15, 0.2) is 5.78 Å². The Morgan fingerprint density at radius 1 is 0.933 bits per heavy atom. The summed E-state index contributed by atoms with van der Waals surface area (Å²) in [5.41, 5.74) is 3.48. The first-order chi connectivity index (χ1) is 14.4. The van der Waals surface area contributed by atoms with Crippen LogP contribution in [0.15, 0.2) is 52.9 Å². The van der Waals surface area contributed by atoms with E-state index in [1.54, 1.807) is 7.11 Å². The van der Waals surface area contributed by atoms with Gasteiger partial charge >= 0.3 is 5.97 Å². The van der Waals surface area contributed by atoms with Crippen molar-refractivity contribution < 1.29 is 19.1 Å². The third-order valence-electron chi connectivity index (χ3n) is 4.42. The Kier molecular flexibility index (Phi) is 13.4. The summed E-state index contributed by atoms with van der Waals surface area (Å²) in [5, 5.41) is 3.19. The van der Waals surface area contributed by atoms with Gasteiger partial charge in [0, 0.05) is 35.9 Å². The van der Waals surface area contributed by atoms with Crippen molar-refractivity contribution in [2.75, 3.05) is 20.3 Å². The number of Topliss-reactive ketones (excluding diaryl/α,β-unsaturated/α-hetero) is 1. The van der Waals surface area contributed by atoms with Crippen molar-refractivity contribution >= 4 is 11.8 Å². The summed E-state index contributed by atoms with van der Waals surface area (Å²) in [5.74, 6) is -1.01. The number of benzene rings is 1. The van der Waals surface area contributed by atoms with Crippen LogP contribution in [0, 0.1) is 5.92 Å². The van der Waals surface area contributed by atoms with Gasteiger partial charge in [0.25, 0.3) is 0 Å². The highest BCUT2D eigenvalue weighted by molar-refractivity contribution is 6.03. The monoisotopic (exact) mass is 417 g/mol. The molecule has 1 N–H and O–H groups in total. The fourth-order valence-electron chi connectivity index (χ4n) is 3.18. The predicted molar refractivity (Wildman–Crippen MR) is 123 cm³/mol. The third kappa shape index (κ3) is 7.13. The maximum absolute atomic E-state index is 12.9. The molecule has 0 aromatic heterocycles. The quantitative estimate of drug-likeness (QED) is 0.476. The molecule has 1 aliphatic heterocycles. The van der Waals surface area contributed by atoms with Crippen LogP contribution in [-0.4, -0.2) is 32.1 Å². The maximum Gasteiger partial charge on any atom is 0.336 e. The van der Waals surface area contributed by atoms with Crippen LogP contribution in [0.3, 0.4) is 0 Å². The van der Waals surface area contributed by atoms with Crippen LogP contribution >= 0.6 is 0 Å². The van der Waals surface area contributed by atoms with Crippen molar-refractivity contribution in [1.82, 2.24) is 5.32 Å². The zero-order valence-corrected chi connectivity index (χ0v) is 20.1. The Bertz CT molecular complexity index is 733. The molecule has 0 bridgehead atoms. The Labute approximate surface area is 182 Å². The number of methoxy groups -OCH3 is 1. The molecule has 1 heterocycles. The first kappa shape index (κ1) is 27.6. The summed E-state index contributed by atoms with van der Waals surface area (Å²) in [6.07, 6.45) is 0. The van der Waals surface area contributed by atoms with Crippen LogP contribution in [0.1, 0.15) is 66.9 Å². The number of ketones is 1. The highest BCUT2D eigenvalue weighted by atomic mass is 16.6. The van der Waals surface area contributed by atoms with E-state index in [1.807, 2.05) is 85.7 Å². The summed E-state index contributed by atoms with van der Waals surface area (Å²) in [4.78, 5) is 25.7. The lowest BCUT2D eigenvalue weighted by atomic mass is 9.77. The van der Waals surface area contributed by atoms with Gasteiger partial charge in [-0.05, 0) is 19.4 Å². The van der Waals surface area contributed by atoms with E-state index in [9.17, 15) is 9.59 Å². The average Bonchev–Trinajstić information content (AvgIpc) is 2.76. The predicted octanol–water partition coefficient (Wildman–Crippen LogP) is 5.39. The molecule has 5 nitrogen and oxygen atoms in total. The first-order valence-electron chi connectivity index (χ1n) is 10.8.